The van der Waals surface area contributed by atoms with E-state index in [0.717, 1.165) is 55.3 Å². The standard InChI is InChI=1S/C25H31N7O2S/c1-17-14-22(26-16-17)27-23-28-24(32-10-8-31(9-11-32)12-13-33)30-25(29-23)35-20-6-2-18(3-7-20)15-21(34)19-4-5-19/h2-3,6-7,14,19,33H,4-5,8-13,15-16H2,1H3,(H,26,27,28,29,30). The number of hydrogen-bond acceptors (Lipinski definition) is 10. The van der Waals surface area contributed by atoms with Crippen molar-refractivity contribution in [1.82, 2.24) is 19.9 Å². The summed E-state index contributed by atoms with van der Waals surface area (Å²) in [5, 5.41) is 13.1. The maximum atomic E-state index is 12.1. The number of piperazine rings is 1. The molecule has 3 heterocycles. The van der Waals surface area contributed by atoms with E-state index in [1.54, 1.807) is 0 Å². The van der Waals surface area contributed by atoms with E-state index in [1.165, 1.54) is 17.3 Å². The molecule has 0 amide bonds. The minimum Gasteiger partial charge on any atom is -0.395 e. The first kappa shape index (κ1) is 23.9. The Morgan fingerprint density at radius 1 is 1.11 bits per heavy atom. The van der Waals surface area contributed by atoms with E-state index in [2.05, 4.69) is 25.1 Å². The van der Waals surface area contributed by atoms with Crippen molar-refractivity contribution in [3.05, 3.63) is 41.5 Å². The Morgan fingerprint density at radius 2 is 1.89 bits per heavy atom. The molecule has 1 saturated heterocycles. The van der Waals surface area contributed by atoms with Crippen molar-refractivity contribution in [3.8, 4) is 0 Å². The number of benzene rings is 1. The summed E-state index contributed by atoms with van der Waals surface area (Å²) in [5.74, 6) is 2.51. The lowest BCUT2D eigenvalue weighted by atomic mass is 10.1. The summed E-state index contributed by atoms with van der Waals surface area (Å²) in [6.45, 7) is 6.88. The molecular weight excluding hydrogens is 462 g/mol. The third-order valence-electron chi connectivity index (χ3n) is 6.34. The molecule has 1 saturated carbocycles. The second-order valence-corrected chi connectivity index (χ2v) is 10.3. The first-order chi connectivity index (χ1) is 17.1. The van der Waals surface area contributed by atoms with Gasteiger partial charge in [0, 0.05) is 50.0 Å². The van der Waals surface area contributed by atoms with E-state index in [0.29, 0.717) is 42.3 Å². The zero-order valence-electron chi connectivity index (χ0n) is 20.0. The zero-order chi connectivity index (χ0) is 24.2. The van der Waals surface area contributed by atoms with Crippen molar-refractivity contribution in [2.75, 3.05) is 56.1 Å². The Hall–Kier alpha value is -2.82. The Kier molecular flexibility index (Phi) is 7.40. The van der Waals surface area contributed by atoms with E-state index in [4.69, 9.17) is 9.97 Å². The van der Waals surface area contributed by atoms with Crippen LogP contribution >= 0.6 is 11.8 Å². The van der Waals surface area contributed by atoms with Gasteiger partial charge in [-0.2, -0.15) is 15.0 Å². The van der Waals surface area contributed by atoms with Gasteiger partial charge >= 0.3 is 0 Å². The van der Waals surface area contributed by atoms with Crippen LogP contribution in [0.2, 0.25) is 0 Å². The minimum absolute atomic E-state index is 0.170. The molecule has 10 heteroatoms. The van der Waals surface area contributed by atoms with Crippen molar-refractivity contribution >= 4 is 35.3 Å². The summed E-state index contributed by atoms with van der Waals surface area (Å²) in [6, 6.07) is 8.09. The number of carbonyl (C=O) groups excluding carboxylic acids is 1. The van der Waals surface area contributed by atoms with Crippen molar-refractivity contribution in [1.29, 1.82) is 0 Å². The summed E-state index contributed by atoms with van der Waals surface area (Å²) in [5.41, 5.74) is 2.24. The highest BCUT2D eigenvalue weighted by molar-refractivity contribution is 7.99. The number of aromatic nitrogens is 3. The number of aliphatic hydroxyl groups excluding tert-OH is 1. The number of hydrogen-bond donors (Lipinski definition) is 2. The van der Waals surface area contributed by atoms with Crippen molar-refractivity contribution in [3.63, 3.8) is 0 Å². The van der Waals surface area contributed by atoms with E-state index in [-0.39, 0.29) is 12.5 Å². The topological polar surface area (TPSA) is 107 Å². The molecule has 1 aromatic carbocycles. The molecule has 5 rings (SSSR count). The van der Waals surface area contributed by atoms with Gasteiger partial charge in [0.25, 0.3) is 0 Å². The second kappa shape index (κ2) is 10.8. The van der Waals surface area contributed by atoms with E-state index >= 15 is 0 Å². The Bertz CT molecular complexity index is 1120. The number of rotatable bonds is 9. The number of ketones is 1. The van der Waals surface area contributed by atoms with Gasteiger partial charge in [-0.25, -0.2) is 0 Å². The second-order valence-electron chi connectivity index (χ2n) is 9.27. The van der Waals surface area contributed by atoms with Crippen LogP contribution < -0.4 is 10.2 Å². The normalized spacial score (nSPS) is 18.4. The number of carbonyl (C=O) groups is 1. The molecule has 2 fully saturated rings. The van der Waals surface area contributed by atoms with Crippen LogP contribution in [0.4, 0.5) is 11.9 Å². The molecule has 0 bridgehead atoms. The number of aliphatic imine (C=N–C) groups is 1. The average molecular weight is 494 g/mol. The maximum Gasteiger partial charge on any atom is 0.234 e. The third-order valence-corrected chi connectivity index (χ3v) is 7.21. The number of Topliss-reactive ketones (excluding diaryl/α,β-unsaturated/α-hetero) is 1. The lowest BCUT2D eigenvalue weighted by Crippen LogP contribution is -2.47. The molecule has 0 spiro atoms. The molecule has 2 N–H and O–H groups in total. The molecule has 2 aliphatic heterocycles. The van der Waals surface area contributed by atoms with Crippen LogP contribution in [0, 0.1) is 5.92 Å². The Morgan fingerprint density at radius 3 is 2.54 bits per heavy atom. The molecule has 9 nitrogen and oxygen atoms in total. The first-order valence-electron chi connectivity index (χ1n) is 12.2. The number of anilines is 2. The van der Waals surface area contributed by atoms with Gasteiger partial charge in [-0.1, -0.05) is 12.1 Å². The molecule has 184 valence electrons. The summed E-state index contributed by atoms with van der Waals surface area (Å²) in [7, 11) is 0. The average Bonchev–Trinajstić information content (AvgIpc) is 3.63. The molecule has 3 aliphatic rings. The lowest BCUT2D eigenvalue weighted by molar-refractivity contribution is -0.119. The Balaban J connectivity index is 1.32. The molecule has 0 atom stereocenters. The zero-order valence-corrected chi connectivity index (χ0v) is 20.8. The fourth-order valence-electron chi connectivity index (χ4n) is 4.16. The lowest BCUT2D eigenvalue weighted by Gasteiger charge is -2.34. The number of β-amino-alcohol motifs (C(OH)–C–C–N with tert-alkyl or cyclic N) is 1. The Labute approximate surface area is 209 Å². The third kappa shape index (κ3) is 6.45. The molecule has 0 unspecified atom stereocenters. The maximum absolute atomic E-state index is 12.1. The number of amidine groups is 1. The largest absolute Gasteiger partial charge is 0.395 e. The summed E-state index contributed by atoms with van der Waals surface area (Å²) >= 11 is 1.48. The fourth-order valence-corrected chi connectivity index (χ4v) is 4.90. The predicted octanol–water partition coefficient (Wildman–Crippen LogP) is 2.43. The smallest absolute Gasteiger partial charge is 0.234 e. The summed E-state index contributed by atoms with van der Waals surface area (Å²) in [6.07, 6.45) is 4.61. The van der Waals surface area contributed by atoms with Gasteiger partial charge in [-0.15, -0.1) is 0 Å². The van der Waals surface area contributed by atoms with Gasteiger partial charge in [0.2, 0.25) is 11.9 Å². The minimum atomic E-state index is 0.170. The highest BCUT2D eigenvalue weighted by atomic mass is 32.2. The van der Waals surface area contributed by atoms with E-state index in [1.807, 2.05) is 37.3 Å². The quantitative estimate of drug-likeness (QED) is 0.545. The predicted molar refractivity (Wildman–Crippen MR) is 137 cm³/mol. The molecule has 1 aliphatic carbocycles. The summed E-state index contributed by atoms with van der Waals surface area (Å²) in [4.78, 5) is 36.1. The highest BCUT2D eigenvalue weighted by Crippen LogP contribution is 2.32. The number of aliphatic hydroxyl groups is 1. The number of nitrogens with zero attached hydrogens (tertiary/aromatic N) is 6. The van der Waals surface area contributed by atoms with Gasteiger partial charge in [0.1, 0.15) is 11.6 Å². The van der Waals surface area contributed by atoms with Crippen molar-refractivity contribution < 1.29 is 9.90 Å². The van der Waals surface area contributed by atoms with Gasteiger partial charge in [0.05, 0.1) is 13.2 Å². The molecule has 1 aromatic heterocycles. The SMILES string of the molecule is CC1=CC(Nc2nc(Sc3ccc(CC(=O)C4CC4)cc3)nc(N3CCN(CCO)CC3)n2)=NC1. The van der Waals surface area contributed by atoms with Gasteiger partial charge in [0.15, 0.2) is 5.16 Å². The van der Waals surface area contributed by atoms with E-state index in [9.17, 15) is 9.90 Å². The molecule has 35 heavy (non-hydrogen) atoms. The van der Waals surface area contributed by atoms with Gasteiger partial charge in [-0.3, -0.25) is 14.7 Å². The molecular formula is C25H31N7O2S. The molecule has 2 aromatic rings. The van der Waals surface area contributed by atoms with Crippen molar-refractivity contribution in [2.24, 2.45) is 10.9 Å². The van der Waals surface area contributed by atoms with Crippen LogP contribution in [-0.4, -0.2) is 82.5 Å². The van der Waals surface area contributed by atoms with E-state index < -0.39 is 0 Å². The van der Waals surface area contributed by atoms with Crippen LogP contribution in [0.3, 0.4) is 0 Å². The van der Waals surface area contributed by atoms with Gasteiger partial charge < -0.3 is 15.3 Å². The van der Waals surface area contributed by atoms with Gasteiger partial charge in [-0.05, 0) is 60.9 Å². The number of nitrogens with one attached hydrogen (secondary N) is 1. The fraction of sp³-hybridized carbons (Fsp3) is 0.480. The molecule has 0 radical (unpaired) electrons. The monoisotopic (exact) mass is 493 g/mol. The van der Waals surface area contributed by atoms with Crippen LogP contribution in [0.25, 0.3) is 0 Å². The van der Waals surface area contributed by atoms with Crippen LogP contribution in [0.5, 0.6) is 0 Å². The highest BCUT2D eigenvalue weighted by Gasteiger charge is 2.29. The van der Waals surface area contributed by atoms with Crippen LogP contribution in [0.1, 0.15) is 25.3 Å². The first-order valence-corrected chi connectivity index (χ1v) is 13.0. The van der Waals surface area contributed by atoms with Crippen LogP contribution in [0.15, 0.2) is 51.0 Å². The summed E-state index contributed by atoms with van der Waals surface area (Å²) < 4.78 is 0. The van der Waals surface area contributed by atoms with Crippen molar-refractivity contribution in [2.45, 2.75) is 36.2 Å². The van der Waals surface area contributed by atoms with Crippen LogP contribution in [-0.2, 0) is 11.2 Å².